The molecular weight excluding hydrogens is 262 g/mol. The van der Waals surface area contributed by atoms with Gasteiger partial charge in [-0.05, 0) is 18.6 Å². The first-order valence-electron chi connectivity index (χ1n) is 7.74. The lowest BCUT2D eigenvalue weighted by molar-refractivity contribution is 0.361. The quantitative estimate of drug-likeness (QED) is 0.916. The second-order valence-electron chi connectivity index (χ2n) is 5.62. The third-order valence-electron chi connectivity index (χ3n) is 4.11. The molecule has 21 heavy (non-hydrogen) atoms. The molecule has 1 aromatic heterocycles. The van der Waals surface area contributed by atoms with E-state index in [0.29, 0.717) is 6.04 Å². The minimum absolute atomic E-state index is 0.567. The van der Waals surface area contributed by atoms with Crippen molar-refractivity contribution in [2.75, 3.05) is 7.11 Å². The molecule has 0 fully saturated rings. The topological polar surface area (TPSA) is 39.1 Å². The number of aromatic nitrogens is 2. The van der Waals surface area contributed by atoms with E-state index in [2.05, 4.69) is 29.1 Å². The number of rotatable bonds is 5. The highest BCUT2D eigenvalue weighted by Crippen LogP contribution is 2.29. The maximum absolute atomic E-state index is 5.44. The number of imidazole rings is 1. The standard InChI is InChI=1S/C17H23N3O/c1-3-4-7-13-11-20-12-15(19-17(20)10-18-13)14-8-5-6-9-16(14)21-2/h5-6,8-9,12-13,18H,3-4,7,10-11H2,1-2H3. The van der Waals surface area contributed by atoms with Gasteiger partial charge in [0, 0.05) is 24.3 Å². The molecule has 1 unspecified atom stereocenters. The van der Waals surface area contributed by atoms with Gasteiger partial charge in [-0.1, -0.05) is 31.9 Å². The van der Waals surface area contributed by atoms with Crippen molar-refractivity contribution < 1.29 is 4.74 Å². The SMILES string of the molecule is CCCCC1Cn2cc(-c3ccccc3OC)nc2CN1. The number of methoxy groups -OCH3 is 1. The van der Waals surface area contributed by atoms with Crippen LogP contribution in [0, 0.1) is 0 Å². The minimum atomic E-state index is 0.567. The van der Waals surface area contributed by atoms with Crippen molar-refractivity contribution in [2.24, 2.45) is 0 Å². The summed E-state index contributed by atoms with van der Waals surface area (Å²) in [7, 11) is 1.71. The molecule has 0 amide bonds. The molecule has 4 heteroatoms. The van der Waals surface area contributed by atoms with Gasteiger partial charge in [-0.15, -0.1) is 0 Å². The van der Waals surface area contributed by atoms with Crippen LogP contribution in [0.3, 0.4) is 0 Å². The Bertz CT molecular complexity index is 606. The van der Waals surface area contributed by atoms with Gasteiger partial charge < -0.3 is 14.6 Å². The monoisotopic (exact) mass is 285 g/mol. The molecule has 1 aliphatic rings. The first kappa shape index (κ1) is 14.1. The number of nitrogens with one attached hydrogen (secondary N) is 1. The highest BCUT2D eigenvalue weighted by atomic mass is 16.5. The summed E-state index contributed by atoms with van der Waals surface area (Å²) in [5.41, 5.74) is 2.06. The fourth-order valence-electron chi connectivity index (χ4n) is 2.92. The Kier molecular flexibility index (Phi) is 4.25. The van der Waals surface area contributed by atoms with Gasteiger partial charge in [-0.3, -0.25) is 0 Å². The summed E-state index contributed by atoms with van der Waals surface area (Å²) in [5, 5.41) is 3.59. The largest absolute Gasteiger partial charge is 0.496 e. The molecule has 0 bridgehead atoms. The summed E-state index contributed by atoms with van der Waals surface area (Å²) in [6.07, 6.45) is 5.92. The number of nitrogens with zero attached hydrogens (tertiary/aromatic N) is 2. The molecule has 0 spiro atoms. The summed E-state index contributed by atoms with van der Waals surface area (Å²) in [5.74, 6) is 1.99. The van der Waals surface area contributed by atoms with Crippen LogP contribution in [0.5, 0.6) is 5.75 Å². The third kappa shape index (κ3) is 2.95. The number of hydrogen-bond acceptors (Lipinski definition) is 3. The minimum Gasteiger partial charge on any atom is -0.496 e. The third-order valence-corrected chi connectivity index (χ3v) is 4.11. The highest BCUT2D eigenvalue weighted by molar-refractivity contribution is 5.66. The molecule has 4 nitrogen and oxygen atoms in total. The molecule has 0 aliphatic carbocycles. The molecule has 1 aromatic carbocycles. The van der Waals surface area contributed by atoms with Gasteiger partial charge in [-0.25, -0.2) is 4.98 Å². The fraction of sp³-hybridized carbons (Fsp3) is 0.471. The molecule has 1 N–H and O–H groups in total. The smallest absolute Gasteiger partial charge is 0.128 e. The van der Waals surface area contributed by atoms with Crippen molar-refractivity contribution in [3.05, 3.63) is 36.3 Å². The molecular formula is C17H23N3O. The zero-order valence-corrected chi connectivity index (χ0v) is 12.8. The van der Waals surface area contributed by atoms with Gasteiger partial charge >= 0.3 is 0 Å². The molecule has 2 heterocycles. The van der Waals surface area contributed by atoms with Gasteiger partial charge in [0.25, 0.3) is 0 Å². The van der Waals surface area contributed by atoms with Crippen LogP contribution in [-0.2, 0) is 13.1 Å². The molecule has 0 radical (unpaired) electrons. The molecule has 1 atom stereocenters. The number of fused-ring (bicyclic) bond motifs is 1. The Morgan fingerprint density at radius 2 is 2.24 bits per heavy atom. The predicted molar refractivity (Wildman–Crippen MR) is 84.4 cm³/mol. The van der Waals surface area contributed by atoms with Crippen molar-refractivity contribution in [3.63, 3.8) is 0 Å². The second kappa shape index (κ2) is 6.31. The summed E-state index contributed by atoms with van der Waals surface area (Å²) in [6.45, 7) is 4.10. The number of unbranched alkanes of at least 4 members (excludes halogenated alkanes) is 1. The first-order valence-corrected chi connectivity index (χ1v) is 7.74. The maximum atomic E-state index is 5.44. The van der Waals surface area contributed by atoms with E-state index in [0.717, 1.165) is 35.9 Å². The van der Waals surface area contributed by atoms with E-state index in [1.54, 1.807) is 7.11 Å². The van der Waals surface area contributed by atoms with Crippen molar-refractivity contribution in [2.45, 2.75) is 45.3 Å². The lowest BCUT2D eigenvalue weighted by Crippen LogP contribution is -2.38. The zero-order chi connectivity index (χ0) is 14.7. The molecule has 2 aromatic rings. The Morgan fingerprint density at radius 1 is 1.38 bits per heavy atom. The average Bonchev–Trinajstić information content (AvgIpc) is 2.95. The van der Waals surface area contributed by atoms with Crippen molar-refractivity contribution in [1.29, 1.82) is 0 Å². The maximum Gasteiger partial charge on any atom is 0.128 e. The number of para-hydroxylation sites is 1. The van der Waals surface area contributed by atoms with E-state index >= 15 is 0 Å². The van der Waals surface area contributed by atoms with E-state index in [1.165, 1.54) is 19.3 Å². The van der Waals surface area contributed by atoms with Gasteiger partial charge in [0.15, 0.2) is 0 Å². The average molecular weight is 285 g/mol. The van der Waals surface area contributed by atoms with Crippen molar-refractivity contribution in [3.8, 4) is 17.0 Å². The summed E-state index contributed by atoms with van der Waals surface area (Å²) in [6, 6.07) is 8.63. The van der Waals surface area contributed by atoms with Crippen molar-refractivity contribution in [1.82, 2.24) is 14.9 Å². The molecule has 3 rings (SSSR count). The Morgan fingerprint density at radius 3 is 3.05 bits per heavy atom. The Balaban J connectivity index is 1.83. The number of benzene rings is 1. The van der Waals surface area contributed by atoms with E-state index in [1.807, 2.05) is 18.2 Å². The van der Waals surface area contributed by atoms with Crippen LogP contribution in [0.25, 0.3) is 11.3 Å². The molecule has 0 saturated carbocycles. The molecule has 112 valence electrons. The van der Waals surface area contributed by atoms with Crippen LogP contribution < -0.4 is 10.1 Å². The summed E-state index contributed by atoms with van der Waals surface area (Å²) >= 11 is 0. The lowest BCUT2D eigenvalue weighted by Gasteiger charge is -2.25. The summed E-state index contributed by atoms with van der Waals surface area (Å²) < 4.78 is 7.73. The van der Waals surface area contributed by atoms with Gasteiger partial charge in [0.05, 0.1) is 19.3 Å². The lowest BCUT2D eigenvalue weighted by atomic mass is 10.1. The molecule has 0 saturated heterocycles. The number of ether oxygens (including phenoxy) is 1. The van der Waals surface area contributed by atoms with E-state index in [-0.39, 0.29) is 0 Å². The predicted octanol–water partition coefficient (Wildman–Crippen LogP) is 3.22. The first-order chi connectivity index (χ1) is 10.3. The van der Waals surface area contributed by atoms with Gasteiger partial charge in [-0.2, -0.15) is 0 Å². The zero-order valence-electron chi connectivity index (χ0n) is 12.8. The highest BCUT2D eigenvalue weighted by Gasteiger charge is 2.20. The van der Waals surface area contributed by atoms with Crippen molar-refractivity contribution >= 4 is 0 Å². The summed E-state index contributed by atoms with van der Waals surface area (Å²) in [4.78, 5) is 4.76. The normalized spacial score (nSPS) is 17.5. The molecule has 1 aliphatic heterocycles. The van der Waals surface area contributed by atoms with Crippen LogP contribution in [-0.4, -0.2) is 22.7 Å². The number of hydrogen-bond donors (Lipinski definition) is 1. The van der Waals surface area contributed by atoms with E-state index in [4.69, 9.17) is 9.72 Å². The Labute approximate surface area is 126 Å². The van der Waals surface area contributed by atoms with Crippen LogP contribution in [0.4, 0.5) is 0 Å². The van der Waals surface area contributed by atoms with E-state index in [9.17, 15) is 0 Å². The fourth-order valence-corrected chi connectivity index (χ4v) is 2.92. The van der Waals surface area contributed by atoms with Crippen LogP contribution in [0.1, 0.15) is 32.0 Å². The second-order valence-corrected chi connectivity index (χ2v) is 5.62. The van der Waals surface area contributed by atoms with Gasteiger partial charge in [0.2, 0.25) is 0 Å². The van der Waals surface area contributed by atoms with Crippen LogP contribution in [0.2, 0.25) is 0 Å². The van der Waals surface area contributed by atoms with Crippen LogP contribution in [0.15, 0.2) is 30.5 Å². The van der Waals surface area contributed by atoms with Gasteiger partial charge in [0.1, 0.15) is 11.6 Å². The van der Waals surface area contributed by atoms with Crippen LogP contribution >= 0.6 is 0 Å². The van der Waals surface area contributed by atoms with E-state index < -0.39 is 0 Å². The Hall–Kier alpha value is -1.81.